The fraction of sp³-hybridized carbons (Fsp3) is 0.375. The predicted molar refractivity (Wildman–Crippen MR) is 80.6 cm³/mol. The molecule has 112 valence electrons. The summed E-state index contributed by atoms with van der Waals surface area (Å²) in [5, 5.41) is 3.13. The van der Waals surface area contributed by atoms with Crippen LogP contribution in [-0.4, -0.2) is 17.0 Å². The molecule has 0 atom stereocenters. The molecule has 1 amide bonds. The molecule has 0 fully saturated rings. The van der Waals surface area contributed by atoms with Gasteiger partial charge in [0.2, 0.25) is 5.91 Å². The Kier molecular flexibility index (Phi) is 4.73. The monoisotopic (exact) mass is 290 g/mol. The number of fused-ring (bicyclic) bond motifs is 1. The highest BCUT2D eigenvalue weighted by Gasteiger charge is 2.08. The molecular formula is C16H19FN2O2. The summed E-state index contributed by atoms with van der Waals surface area (Å²) in [7, 11) is 0. The minimum absolute atomic E-state index is 0.112. The summed E-state index contributed by atoms with van der Waals surface area (Å²) in [5.41, 5.74) is 0.309. The fourth-order valence-corrected chi connectivity index (χ4v) is 2.13. The lowest BCUT2D eigenvalue weighted by molar-refractivity contribution is -0.121. The Balaban J connectivity index is 2.17. The minimum Gasteiger partial charge on any atom is -0.355 e. The van der Waals surface area contributed by atoms with Gasteiger partial charge in [-0.05, 0) is 30.5 Å². The van der Waals surface area contributed by atoms with Crippen LogP contribution >= 0.6 is 0 Å². The minimum atomic E-state index is -0.460. The van der Waals surface area contributed by atoms with Crippen LogP contribution in [0.1, 0.15) is 20.3 Å². The van der Waals surface area contributed by atoms with Gasteiger partial charge < -0.3 is 9.88 Å². The number of nitrogens with zero attached hydrogens (tertiary/aromatic N) is 1. The molecule has 0 aliphatic heterocycles. The number of pyridine rings is 1. The smallest absolute Gasteiger partial charge is 0.239 e. The highest BCUT2D eigenvalue weighted by molar-refractivity contribution is 5.82. The Morgan fingerprint density at radius 3 is 2.81 bits per heavy atom. The number of nitrogens with one attached hydrogen (secondary N) is 1. The van der Waals surface area contributed by atoms with Crippen molar-refractivity contribution in [3.8, 4) is 0 Å². The van der Waals surface area contributed by atoms with Gasteiger partial charge in [0.15, 0.2) is 5.43 Å². The highest BCUT2D eigenvalue weighted by Crippen LogP contribution is 2.11. The van der Waals surface area contributed by atoms with Crippen LogP contribution in [0.4, 0.5) is 4.39 Å². The van der Waals surface area contributed by atoms with E-state index in [1.54, 1.807) is 10.8 Å². The Morgan fingerprint density at radius 1 is 1.33 bits per heavy atom. The summed E-state index contributed by atoms with van der Waals surface area (Å²) in [6.45, 7) is 4.93. The zero-order valence-corrected chi connectivity index (χ0v) is 12.2. The lowest BCUT2D eigenvalue weighted by Crippen LogP contribution is -2.29. The van der Waals surface area contributed by atoms with E-state index < -0.39 is 5.82 Å². The first kappa shape index (κ1) is 15.2. The Labute approximate surface area is 122 Å². The molecule has 0 bridgehead atoms. The largest absolute Gasteiger partial charge is 0.355 e. The number of aromatic nitrogens is 1. The lowest BCUT2D eigenvalue weighted by Gasteiger charge is -2.11. The number of amides is 1. The van der Waals surface area contributed by atoms with E-state index in [1.165, 1.54) is 24.3 Å². The van der Waals surface area contributed by atoms with Gasteiger partial charge in [-0.1, -0.05) is 13.8 Å². The van der Waals surface area contributed by atoms with Gasteiger partial charge in [-0.15, -0.1) is 0 Å². The van der Waals surface area contributed by atoms with Crippen molar-refractivity contribution in [1.29, 1.82) is 0 Å². The van der Waals surface area contributed by atoms with Crippen molar-refractivity contribution < 1.29 is 9.18 Å². The standard InChI is InChI=1S/C16H19FN2O2/c1-11(2)5-7-18-16(21)10-19-8-6-15(20)13-9-12(17)3-4-14(13)19/h3-4,6,8-9,11H,5,7,10H2,1-2H3,(H,18,21). The molecule has 5 heteroatoms. The molecule has 1 aromatic carbocycles. The maximum Gasteiger partial charge on any atom is 0.239 e. The number of rotatable bonds is 5. The van der Waals surface area contributed by atoms with E-state index in [2.05, 4.69) is 19.2 Å². The van der Waals surface area contributed by atoms with Gasteiger partial charge in [0.1, 0.15) is 12.4 Å². The summed E-state index contributed by atoms with van der Waals surface area (Å²) in [4.78, 5) is 23.6. The maximum atomic E-state index is 13.2. The van der Waals surface area contributed by atoms with Crippen molar-refractivity contribution in [3.63, 3.8) is 0 Å². The van der Waals surface area contributed by atoms with E-state index in [4.69, 9.17) is 0 Å². The normalized spacial score (nSPS) is 11.0. The number of carbonyl (C=O) groups excluding carboxylic acids is 1. The summed E-state index contributed by atoms with van der Waals surface area (Å²) in [6, 6.07) is 5.36. The maximum absolute atomic E-state index is 13.2. The Bertz CT molecular complexity index is 707. The van der Waals surface area contributed by atoms with E-state index in [1.807, 2.05) is 0 Å². The summed E-state index contributed by atoms with van der Waals surface area (Å²) >= 11 is 0. The van der Waals surface area contributed by atoms with Crippen molar-refractivity contribution in [2.24, 2.45) is 5.92 Å². The molecule has 21 heavy (non-hydrogen) atoms. The van der Waals surface area contributed by atoms with Gasteiger partial charge in [-0.2, -0.15) is 0 Å². The molecule has 0 saturated heterocycles. The first-order valence-electron chi connectivity index (χ1n) is 7.03. The lowest BCUT2D eigenvalue weighted by atomic mass is 10.1. The second kappa shape index (κ2) is 6.52. The molecule has 2 rings (SSSR count). The SMILES string of the molecule is CC(C)CCNC(=O)Cn1ccc(=O)c2cc(F)ccc21. The van der Waals surface area contributed by atoms with E-state index in [-0.39, 0.29) is 23.3 Å². The first-order chi connectivity index (χ1) is 9.97. The molecule has 1 aromatic heterocycles. The molecule has 0 radical (unpaired) electrons. The van der Waals surface area contributed by atoms with Gasteiger partial charge in [0, 0.05) is 24.2 Å². The number of benzene rings is 1. The van der Waals surface area contributed by atoms with E-state index in [0.717, 1.165) is 6.42 Å². The van der Waals surface area contributed by atoms with Crippen molar-refractivity contribution in [1.82, 2.24) is 9.88 Å². The van der Waals surface area contributed by atoms with Crippen LogP contribution in [0.15, 0.2) is 35.3 Å². The average molecular weight is 290 g/mol. The topological polar surface area (TPSA) is 51.1 Å². The van der Waals surface area contributed by atoms with E-state index >= 15 is 0 Å². The number of hydrogen-bond acceptors (Lipinski definition) is 2. The first-order valence-corrected chi connectivity index (χ1v) is 7.03. The molecule has 1 heterocycles. The quantitative estimate of drug-likeness (QED) is 0.918. The van der Waals surface area contributed by atoms with Gasteiger partial charge in [-0.25, -0.2) is 4.39 Å². The molecular weight excluding hydrogens is 271 g/mol. The van der Waals surface area contributed by atoms with E-state index in [9.17, 15) is 14.0 Å². The van der Waals surface area contributed by atoms with E-state index in [0.29, 0.717) is 18.0 Å². The number of halogens is 1. The molecule has 4 nitrogen and oxygen atoms in total. The average Bonchev–Trinajstić information content (AvgIpc) is 2.42. The van der Waals surface area contributed by atoms with Crippen LogP contribution < -0.4 is 10.7 Å². The van der Waals surface area contributed by atoms with Crippen LogP contribution in [0.3, 0.4) is 0 Å². The van der Waals surface area contributed by atoms with Crippen LogP contribution in [0, 0.1) is 11.7 Å². The number of carbonyl (C=O) groups is 1. The second-order valence-electron chi connectivity index (χ2n) is 5.50. The zero-order valence-electron chi connectivity index (χ0n) is 12.2. The third kappa shape index (κ3) is 3.90. The van der Waals surface area contributed by atoms with Crippen LogP contribution in [0.5, 0.6) is 0 Å². The molecule has 1 N–H and O–H groups in total. The highest BCUT2D eigenvalue weighted by atomic mass is 19.1. The van der Waals surface area contributed by atoms with Crippen LogP contribution in [-0.2, 0) is 11.3 Å². The molecule has 0 aliphatic carbocycles. The van der Waals surface area contributed by atoms with Crippen molar-refractivity contribution in [2.75, 3.05) is 6.54 Å². The molecule has 0 saturated carbocycles. The predicted octanol–water partition coefficient (Wildman–Crippen LogP) is 2.30. The fourth-order valence-electron chi connectivity index (χ4n) is 2.13. The van der Waals surface area contributed by atoms with Crippen molar-refractivity contribution in [2.45, 2.75) is 26.8 Å². The van der Waals surface area contributed by atoms with Crippen molar-refractivity contribution >= 4 is 16.8 Å². The van der Waals surface area contributed by atoms with Crippen LogP contribution in [0.25, 0.3) is 10.9 Å². The summed E-state index contributed by atoms with van der Waals surface area (Å²) in [6.07, 6.45) is 2.48. The molecule has 0 aliphatic rings. The van der Waals surface area contributed by atoms with Crippen LogP contribution in [0.2, 0.25) is 0 Å². The summed E-state index contributed by atoms with van der Waals surface area (Å²) in [5.74, 6) is -0.0508. The Hall–Kier alpha value is -2.17. The molecule has 0 unspecified atom stereocenters. The summed E-state index contributed by atoms with van der Waals surface area (Å²) < 4.78 is 14.9. The third-order valence-electron chi connectivity index (χ3n) is 3.30. The second-order valence-corrected chi connectivity index (χ2v) is 5.50. The molecule has 0 spiro atoms. The van der Waals surface area contributed by atoms with Gasteiger partial charge in [0.05, 0.1) is 5.52 Å². The van der Waals surface area contributed by atoms with Gasteiger partial charge in [-0.3, -0.25) is 9.59 Å². The molecule has 2 aromatic rings. The Morgan fingerprint density at radius 2 is 2.10 bits per heavy atom. The third-order valence-corrected chi connectivity index (χ3v) is 3.30. The van der Waals surface area contributed by atoms with Gasteiger partial charge in [0.25, 0.3) is 0 Å². The van der Waals surface area contributed by atoms with Gasteiger partial charge >= 0.3 is 0 Å². The number of hydrogen-bond donors (Lipinski definition) is 1. The van der Waals surface area contributed by atoms with Crippen molar-refractivity contribution in [3.05, 3.63) is 46.5 Å². The zero-order chi connectivity index (χ0) is 15.4.